The molecular formula is C17H18N4O. The van der Waals surface area contributed by atoms with Crippen molar-refractivity contribution in [2.75, 3.05) is 24.3 Å². The number of benzene rings is 2. The molecule has 3 aromatic rings. The van der Waals surface area contributed by atoms with Crippen LogP contribution >= 0.6 is 0 Å². The number of fused-ring (bicyclic) bond motifs is 1. The molecule has 0 aliphatic rings. The van der Waals surface area contributed by atoms with Crippen LogP contribution in [0.3, 0.4) is 0 Å². The fourth-order valence-electron chi connectivity index (χ4n) is 2.33. The van der Waals surface area contributed by atoms with Crippen LogP contribution in [0.1, 0.15) is 5.56 Å². The molecule has 0 radical (unpaired) electrons. The number of carbonyl (C=O) groups excluding carboxylic acids is 1. The minimum absolute atomic E-state index is 0.0310. The Hall–Kier alpha value is -2.82. The van der Waals surface area contributed by atoms with Gasteiger partial charge in [0.05, 0.1) is 23.8 Å². The highest BCUT2D eigenvalue weighted by molar-refractivity contribution is 5.93. The minimum atomic E-state index is -0.0310. The second kappa shape index (κ2) is 5.89. The quantitative estimate of drug-likeness (QED) is 0.778. The van der Waals surface area contributed by atoms with Crippen LogP contribution in [0.15, 0.2) is 48.8 Å². The lowest BCUT2D eigenvalue weighted by molar-refractivity contribution is -0.115. The summed E-state index contributed by atoms with van der Waals surface area (Å²) in [6, 6.07) is 13.6. The topological polar surface area (TPSA) is 61.0 Å². The van der Waals surface area contributed by atoms with Gasteiger partial charge < -0.3 is 15.2 Å². The average molecular weight is 294 g/mol. The van der Waals surface area contributed by atoms with Gasteiger partial charge in [0.15, 0.2) is 0 Å². The number of rotatable bonds is 4. The summed E-state index contributed by atoms with van der Waals surface area (Å²) in [5.41, 5.74) is 4.71. The van der Waals surface area contributed by atoms with Gasteiger partial charge in [0, 0.05) is 25.5 Å². The molecule has 5 nitrogen and oxygen atoms in total. The number of aromatic nitrogens is 2. The van der Waals surface area contributed by atoms with Gasteiger partial charge in [-0.3, -0.25) is 4.79 Å². The highest BCUT2D eigenvalue weighted by Crippen LogP contribution is 2.16. The van der Waals surface area contributed by atoms with Gasteiger partial charge in [-0.1, -0.05) is 6.07 Å². The Bertz CT molecular complexity index is 790. The number of hydrogen-bond acceptors (Lipinski definition) is 3. The first-order valence-electron chi connectivity index (χ1n) is 7.11. The molecule has 0 fully saturated rings. The molecule has 0 unspecified atom stereocenters. The van der Waals surface area contributed by atoms with Crippen LogP contribution in [0.5, 0.6) is 0 Å². The molecule has 5 heteroatoms. The first-order valence-corrected chi connectivity index (χ1v) is 7.11. The number of hydrogen-bond donors (Lipinski definition) is 2. The Kier molecular flexibility index (Phi) is 3.78. The molecule has 112 valence electrons. The van der Waals surface area contributed by atoms with E-state index in [1.54, 1.807) is 6.33 Å². The number of aromatic amines is 1. The van der Waals surface area contributed by atoms with E-state index in [1.807, 2.05) is 61.5 Å². The highest BCUT2D eigenvalue weighted by atomic mass is 16.1. The number of nitrogens with one attached hydrogen (secondary N) is 2. The lowest BCUT2D eigenvalue weighted by Crippen LogP contribution is -2.14. The smallest absolute Gasteiger partial charge is 0.228 e. The molecule has 22 heavy (non-hydrogen) atoms. The lowest BCUT2D eigenvalue weighted by atomic mass is 10.1. The van der Waals surface area contributed by atoms with Crippen LogP contribution in [0.4, 0.5) is 11.4 Å². The van der Waals surface area contributed by atoms with Gasteiger partial charge in [-0.05, 0) is 42.0 Å². The maximum absolute atomic E-state index is 12.1. The van der Waals surface area contributed by atoms with Crippen molar-refractivity contribution in [2.45, 2.75) is 6.42 Å². The molecule has 1 heterocycles. The van der Waals surface area contributed by atoms with Crippen molar-refractivity contribution in [3.05, 3.63) is 54.4 Å². The predicted molar refractivity (Wildman–Crippen MR) is 89.2 cm³/mol. The highest BCUT2D eigenvalue weighted by Gasteiger charge is 2.06. The molecule has 2 N–H and O–H groups in total. The standard InChI is InChI=1S/C17H18N4O/c1-21(2)14-6-4-13(5-7-14)20-17(22)10-12-3-8-15-16(9-12)19-11-18-15/h3-9,11H,10H2,1-2H3,(H,18,19)(H,20,22). The first-order chi connectivity index (χ1) is 10.6. The fraction of sp³-hybridized carbons (Fsp3) is 0.176. The zero-order valence-electron chi connectivity index (χ0n) is 12.6. The van der Waals surface area contributed by atoms with Gasteiger partial charge in [0.2, 0.25) is 5.91 Å². The van der Waals surface area contributed by atoms with Gasteiger partial charge in [0.25, 0.3) is 0 Å². The summed E-state index contributed by atoms with van der Waals surface area (Å²) in [4.78, 5) is 21.4. The van der Waals surface area contributed by atoms with Gasteiger partial charge in [-0.2, -0.15) is 0 Å². The van der Waals surface area contributed by atoms with E-state index < -0.39 is 0 Å². The molecule has 0 bridgehead atoms. The molecular weight excluding hydrogens is 276 g/mol. The lowest BCUT2D eigenvalue weighted by Gasteiger charge is -2.13. The summed E-state index contributed by atoms with van der Waals surface area (Å²) in [5, 5.41) is 2.92. The van der Waals surface area contributed by atoms with Crippen LogP contribution in [-0.4, -0.2) is 30.0 Å². The van der Waals surface area contributed by atoms with Crippen LogP contribution in [0.25, 0.3) is 11.0 Å². The van der Waals surface area contributed by atoms with Crippen molar-refractivity contribution in [2.24, 2.45) is 0 Å². The van der Waals surface area contributed by atoms with E-state index in [9.17, 15) is 4.79 Å². The molecule has 3 rings (SSSR count). The predicted octanol–water partition coefficient (Wildman–Crippen LogP) is 2.81. The molecule has 0 atom stereocenters. The molecule has 0 spiro atoms. The average Bonchev–Trinajstić information content (AvgIpc) is 2.95. The van der Waals surface area contributed by atoms with Gasteiger partial charge in [-0.25, -0.2) is 4.98 Å². The van der Waals surface area contributed by atoms with E-state index in [2.05, 4.69) is 15.3 Å². The van der Waals surface area contributed by atoms with E-state index in [-0.39, 0.29) is 5.91 Å². The Morgan fingerprint density at radius 3 is 2.68 bits per heavy atom. The summed E-state index contributed by atoms with van der Waals surface area (Å²) in [5.74, 6) is -0.0310. The van der Waals surface area contributed by atoms with E-state index in [4.69, 9.17) is 0 Å². The Balaban J connectivity index is 1.66. The third-order valence-corrected chi connectivity index (χ3v) is 3.52. The number of amides is 1. The van der Waals surface area contributed by atoms with Crippen LogP contribution in [0, 0.1) is 0 Å². The normalized spacial score (nSPS) is 10.6. The molecule has 0 aliphatic heterocycles. The third kappa shape index (κ3) is 3.09. The zero-order valence-corrected chi connectivity index (χ0v) is 12.6. The number of carbonyl (C=O) groups is 1. The SMILES string of the molecule is CN(C)c1ccc(NC(=O)Cc2ccc3nc[nH]c3c2)cc1. The minimum Gasteiger partial charge on any atom is -0.378 e. The number of H-pyrrole nitrogens is 1. The number of nitrogens with zero attached hydrogens (tertiary/aromatic N) is 2. The van der Waals surface area contributed by atoms with Crippen molar-refractivity contribution >= 4 is 28.3 Å². The monoisotopic (exact) mass is 294 g/mol. The summed E-state index contributed by atoms with van der Waals surface area (Å²) in [6.07, 6.45) is 1.99. The maximum atomic E-state index is 12.1. The van der Waals surface area contributed by atoms with Crippen molar-refractivity contribution < 1.29 is 4.79 Å². The fourth-order valence-corrected chi connectivity index (χ4v) is 2.33. The van der Waals surface area contributed by atoms with Crippen LogP contribution in [-0.2, 0) is 11.2 Å². The van der Waals surface area contributed by atoms with Crippen molar-refractivity contribution in [3.63, 3.8) is 0 Å². The van der Waals surface area contributed by atoms with Crippen molar-refractivity contribution in [3.8, 4) is 0 Å². The van der Waals surface area contributed by atoms with E-state index >= 15 is 0 Å². The maximum Gasteiger partial charge on any atom is 0.228 e. The number of imidazole rings is 1. The largest absolute Gasteiger partial charge is 0.378 e. The summed E-state index contributed by atoms with van der Waals surface area (Å²) in [7, 11) is 3.97. The molecule has 0 saturated heterocycles. The summed E-state index contributed by atoms with van der Waals surface area (Å²) >= 11 is 0. The van der Waals surface area contributed by atoms with Crippen molar-refractivity contribution in [1.29, 1.82) is 0 Å². The van der Waals surface area contributed by atoms with E-state index in [0.717, 1.165) is 28.0 Å². The Morgan fingerprint density at radius 2 is 1.95 bits per heavy atom. The third-order valence-electron chi connectivity index (χ3n) is 3.52. The van der Waals surface area contributed by atoms with E-state index in [1.165, 1.54) is 0 Å². The molecule has 0 aliphatic carbocycles. The molecule has 1 aromatic heterocycles. The summed E-state index contributed by atoms with van der Waals surface area (Å²) < 4.78 is 0. The van der Waals surface area contributed by atoms with Gasteiger partial charge in [-0.15, -0.1) is 0 Å². The first kappa shape index (κ1) is 14.1. The Labute approximate surface area is 129 Å². The molecule has 2 aromatic carbocycles. The van der Waals surface area contributed by atoms with E-state index in [0.29, 0.717) is 6.42 Å². The second-order valence-electron chi connectivity index (χ2n) is 5.42. The second-order valence-corrected chi connectivity index (χ2v) is 5.42. The summed E-state index contributed by atoms with van der Waals surface area (Å²) in [6.45, 7) is 0. The molecule has 0 saturated carbocycles. The Morgan fingerprint density at radius 1 is 1.18 bits per heavy atom. The van der Waals surface area contributed by atoms with Crippen LogP contribution in [0.2, 0.25) is 0 Å². The van der Waals surface area contributed by atoms with Gasteiger partial charge in [0.1, 0.15) is 0 Å². The van der Waals surface area contributed by atoms with Gasteiger partial charge >= 0.3 is 0 Å². The zero-order chi connectivity index (χ0) is 15.5. The van der Waals surface area contributed by atoms with Crippen LogP contribution < -0.4 is 10.2 Å². The molecule has 1 amide bonds. The van der Waals surface area contributed by atoms with Crippen molar-refractivity contribution in [1.82, 2.24) is 9.97 Å². The number of anilines is 2.